The van der Waals surface area contributed by atoms with Gasteiger partial charge in [-0.2, -0.15) is 0 Å². The molecule has 0 N–H and O–H groups in total. The Balaban J connectivity index is 2.30. The lowest BCUT2D eigenvalue weighted by Gasteiger charge is -2.30. The number of carbonyl (C=O) groups is 2. The van der Waals surface area contributed by atoms with Crippen molar-refractivity contribution >= 4 is 23.4 Å². The second kappa shape index (κ2) is 7.01. The molecule has 1 aromatic heterocycles. The van der Waals surface area contributed by atoms with Gasteiger partial charge < -0.3 is 19.1 Å². The average Bonchev–Trinajstić information content (AvgIpc) is 2.82. The van der Waals surface area contributed by atoms with Crippen LogP contribution in [0.4, 0.5) is 4.79 Å². The van der Waals surface area contributed by atoms with Gasteiger partial charge in [0.2, 0.25) is 0 Å². The zero-order valence-corrected chi connectivity index (χ0v) is 15.9. The molecule has 0 unspecified atom stereocenters. The number of methoxy groups -OCH3 is 1. The van der Waals surface area contributed by atoms with E-state index in [-0.39, 0.29) is 12.2 Å². The van der Waals surface area contributed by atoms with E-state index in [1.807, 2.05) is 34.6 Å². The molecule has 1 aliphatic rings. The fourth-order valence-corrected chi connectivity index (χ4v) is 3.58. The second-order valence-electron chi connectivity index (χ2n) is 6.97. The Morgan fingerprint density at radius 2 is 1.92 bits per heavy atom. The van der Waals surface area contributed by atoms with Gasteiger partial charge in [0.1, 0.15) is 11.4 Å². The first-order valence-corrected chi connectivity index (χ1v) is 8.81. The summed E-state index contributed by atoms with van der Waals surface area (Å²) in [7, 11) is 1.35. The van der Waals surface area contributed by atoms with Gasteiger partial charge >= 0.3 is 12.1 Å². The number of nitrogens with zero attached hydrogens (tertiary/aromatic N) is 1. The molecule has 7 heteroatoms. The van der Waals surface area contributed by atoms with E-state index >= 15 is 0 Å². The maximum absolute atomic E-state index is 12.3. The van der Waals surface area contributed by atoms with Crippen LogP contribution in [0.2, 0.25) is 0 Å². The SMILES string of the molecule is COC(=O)c1sc2c(c1OC(C)C)CN(C(=O)OC(C)(C)C)CC2. The summed E-state index contributed by atoms with van der Waals surface area (Å²) in [6.45, 7) is 10.3. The van der Waals surface area contributed by atoms with Crippen molar-refractivity contribution in [1.82, 2.24) is 4.90 Å². The van der Waals surface area contributed by atoms with Gasteiger partial charge in [0.25, 0.3) is 0 Å². The third kappa shape index (κ3) is 4.20. The van der Waals surface area contributed by atoms with Gasteiger partial charge in [-0.3, -0.25) is 0 Å². The van der Waals surface area contributed by atoms with E-state index in [0.717, 1.165) is 10.4 Å². The molecule has 0 aliphatic carbocycles. The molecular formula is C17H25NO5S. The predicted molar refractivity (Wildman–Crippen MR) is 91.8 cm³/mol. The van der Waals surface area contributed by atoms with Crippen LogP contribution in [0.5, 0.6) is 5.75 Å². The van der Waals surface area contributed by atoms with Gasteiger partial charge in [0.15, 0.2) is 4.88 Å². The highest BCUT2D eigenvalue weighted by atomic mass is 32.1. The number of hydrogen-bond donors (Lipinski definition) is 0. The third-order valence-electron chi connectivity index (χ3n) is 3.38. The molecule has 6 nitrogen and oxygen atoms in total. The number of ether oxygens (including phenoxy) is 3. The van der Waals surface area contributed by atoms with Crippen LogP contribution in [-0.2, 0) is 22.4 Å². The number of hydrogen-bond acceptors (Lipinski definition) is 6. The van der Waals surface area contributed by atoms with Crippen molar-refractivity contribution in [2.24, 2.45) is 0 Å². The monoisotopic (exact) mass is 355 g/mol. The van der Waals surface area contributed by atoms with Gasteiger partial charge in [-0.25, -0.2) is 9.59 Å². The molecule has 134 valence electrons. The number of amides is 1. The highest BCUT2D eigenvalue weighted by Gasteiger charge is 2.32. The third-order valence-corrected chi connectivity index (χ3v) is 4.63. The van der Waals surface area contributed by atoms with Crippen LogP contribution in [-0.4, -0.2) is 42.3 Å². The maximum atomic E-state index is 12.3. The molecule has 1 amide bonds. The molecule has 0 radical (unpaired) electrons. The molecule has 0 bridgehead atoms. The van der Waals surface area contributed by atoms with E-state index < -0.39 is 11.6 Å². The first-order chi connectivity index (χ1) is 11.1. The van der Waals surface area contributed by atoms with Crippen molar-refractivity contribution in [3.63, 3.8) is 0 Å². The van der Waals surface area contributed by atoms with Gasteiger partial charge in [0, 0.05) is 23.4 Å². The zero-order chi connectivity index (χ0) is 18.1. The van der Waals surface area contributed by atoms with Crippen LogP contribution in [0.15, 0.2) is 0 Å². The summed E-state index contributed by atoms with van der Waals surface area (Å²) in [5, 5.41) is 0. The van der Waals surface area contributed by atoms with Gasteiger partial charge in [0.05, 0.1) is 19.8 Å². The first-order valence-electron chi connectivity index (χ1n) is 7.99. The molecule has 1 aliphatic heterocycles. The number of carbonyl (C=O) groups excluding carboxylic acids is 2. The molecule has 0 fully saturated rings. The molecule has 1 aromatic rings. The van der Waals surface area contributed by atoms with E-state index in [9.17, 15) is 9.59 Å². The molecule has 24 heavy (non-hydrogen) atoms. The normalized spacial score (nSPS) is 14.4. The highest BCUT2D eigenvalue weighted by molar-refractivity contribution is 7.14. The summed E-state index contributed by atoms with van der Waals surface area (Å²) in [5.41, 5.74) is 0.340. The van der Waals surface area contributed by atoms with E-state index in [4.69, 9.17) is 14.2 Å². The molecule has 2 heterocycles. The lowest BCUT2D eigenvalue weighted by Crippen LogP contribution is -2.39. The summed E-state index contributed by atoms with van der Waals surface area (Å²) >= 11 is 1.39. The Kier molecular flexibility index (Phi) is 5.42. The summed E-state index contributed by atoms with van der Waals surface area (Å²) in [4.78, 5) is 27.5. The lowest BCUT2D eigenvalue weighted by atomic mass is 10.1. The fraction of sp³-hybridized carbons (Fsp3) is 0.647. The maximum Gasteiger partial charge on any atom is 0.410 e. The van der Waals surface area contributed by atoms with E-state index in [0.29, 0.717) is 30.1 Å². The van der Waals surface area contributed by atoms with Crippen LogP contribution in [0.3, 0.4) is 0 Å². The standard InChI is InChI=1S/C17H25NO5S/c1-10(2)22-13-11-9-18(16(20)23-17(3,4)5)8-7-12(11)24-14(13)15(19)21-6/h10H,7-9H2,1-6H3. The second-order valence-corrected chi connectivity index (χ2v) is 8.08. The molecule has 0 saturated carbocycles. The molecule has 0 atom stereocenters. The quantitative estimate of drug-likeness (QED) is 0.775. The average molecular weight is 355 g/mol. The number of thiophene rings is 1. The van der Waals surface area contributed by atoms with Crippen LogP contribution >= 0.6 is 11.3 Å². The lowest BCUT2D eigenvalue weighted by molar-refractivity contribution is 0.0223. The predicted octanol–water partition coefficient (Wildman–Crippen LogP) is 3.62. The minimum atomic E-state index is -0.541. The minimum Gasteiger partial charge on any atom is -0.489 e. The number of fused-ring (bicyclic) bond motifs is 1. The Morgan fingerprint density at radius 3 is 2.46 bits per heavy atom. The Hall–Kier alpha value is -1.76. The summed E-state index contributed by atoms with van der Waals surface area (Å²) in [6, 6.07) is 0. The molecule has 2 rings (SSSR count). The fourth-order valence-electron chi connectivity index (χ4n) is 2.43. The van der Waals surface area contributed by atoms with Gasteiger partial charge in [-0.1, -0.05) is 0 Å². The number of rotatable bonds is 3. The molecule has 0 aromatic carbocycles. The Labute approximate surface area is 146 Å². The summed E-state index contributed by atoms with van der Waals surface area (Å²) in [6.07, 6.45) is 0.239. The Morgan fingerprint density at radius 1 is 1.25 bits per heavy atom. The van der Waals surface area contributed by atoms with Crippen LogP contribution in [0, 0.1) is 0 Å². The Bertz CT molecular complexity index is 630. The molecular weight excluding hydrogens is 330 g/mol. The van der Waals surface area contributed by atoms with Crippen molar-refractivity contribution in [3.05, 3.63) is 15.3 Å². The van der Waals surface area contributed by atoms with Crippen molar-refractivity contribution in [2.45, 2.75) is 59.3 Å². The minimum absolute atomic E-state index is 0.0796. The van der Waals surface area contributed by atoms with E-state index in [2.05, 4.69) is 0 Å². The smallest absolute Gasteiger partial charge is 0.410 e. The van der Waals surface area contributed by atoms with Crippen molar-refractivity contribution in [3.8, 4) is 5.75 Å². The summed E-state index contributed by atoms with van der Waals surface area (Å²) < 4.78 is 16.2. The van der Waals surface area contributed by atoms with Crippen LogP contribution < -0.4 is 4.74 Å². The van der Waals surface area contributed by atoms with Crippen LogP contribution in [0.1, 0.15) is 54.7 Å². The van der Waals surface area contributed by atoms with E-state index in [1.54, 1.807) is 4.90 Å². The largest absolute Gasteiger partial charge is 0.489 e. The van der Waals surface area contributed by atoms with Crippen molar-refractivity contribution in [2.75, 3.05) is 13.7 Å². The number of esters is 1. The van der Waals surface area contributed by atoms with Crippen molar-refractivity contribution < 1.29 is 23.8 Å². The molecule has 0 saturated heterocycles. The van der Waals surface area contributed by atoms with Crippen LogP contribution in [0.25, 0.3) is 0 Å². The first kappa shape index (κ1) is 18.6. The summed E-state index contributed by atoms with van der Waals surface area (Å²) in [5.74, 6) is 0.124. The van der Waals surface area contributed by atoms with Crippen molar-refractivity contribution in [1.29, 1.82) is 0 Å². The van der Waals surface area contributed by atoms with Gasteiger partial charge in [-0.15, -0.1) is 11.3 Å². The van der Waals surface area contributed by atoms with Gasteiger partial charge in [-0.05, 0) is 34.6 Å². The molecule has 0 spiro atoms. The van der Waals surface area contributed by atoms with E-state index in [1.165, 1.54) is 18.4 Å². The highest BCUT2D eigenvalue weighted by Crippen LogP contribution is 2.40. The topological polar surface area (TPSA) is 65.1 Å². The zero-order valence-electron chi connectivity index (χ0n) is 15.1.